The first-order chi connectivity index (χ1) is 15.1. The van der Waals surface area contributed by atoms with Crippen LogP contribution in [0, 0.1) is 13.8 Å². The van der Waals surface area contributed by atoms with Crippen molar-refractivity contribution in [3.63, 3.8) is 0 Å². The number of hydrogen-bond acceptors (Lipinski definition) is 4. The van der Waals surface area contributed by atoms with Crippen LogP contribution in [0.1, 0.15) is 44.9 Å². The molecule has 0 saturated heterocycles. The van der Waals surface area contributed by atoms with Gasteiger partial charge >= 0.3 is 0 Å². The SMILES string of the molecule is Cc1ccc(C(=O)NC2N=C(c3ccccc3)c3ccccc3-n3c(C)nnc32)cc1. The Hall–Kier alpha value is -4.06. The van der Waals surface area contributed by atoms with Gasteiger partial charge in [-0.15, -0.1) is 10.2 Å². The minimum Gasteiger partial charge on any atom is -0.324 e. The first kappa shape index (κ1) is 18.9. The van der Waals surface area contributed by atoms with Crippen molar-refractivity contribution >= 4 is 11.6 Å². The maximum Gasteiger partial charge on any atom is 0.253 e. The molecule has 0 spiro atoms. The molecular weight excluding hydrogens is 386 g/mol. The fourth-order valence-electron chi connectivity index (χ4n) is 3.81. The van der Waals surface area contributed by atoms with Crippen LogP contribution in [-0.4, -0.2) is 26.4 Å². The van der Waals surface area contributed by atoms with Crippen molar-refractivity contribution < 1.29 is 4.79 Å². The molecule has 4 aromatic rings. The maximum atomic E-state index is 13.0. The summed E-state index contributed by atoms with van der Waals surface area (Å²) in [4.78, 5) is 18.0. The van der Waals surface area contributed by atoms with E-state index in [1.165, 1.54) is 0 Å². The Bertz CT molecular complexity index is 1290. The maximum absolute atomic E-state index is 13.0. The summed E-state index contributed by atoms with van der Waals surface area (Å²) >= 11 is 0. The molecule has 152 valence electrons. The van der Waals surface area contributed by atoms with Gasteiger partial charge in [0.1, 0.15) is 5.82 Å². The predicted molar refractivity (Wildman–Crippen MR) is 120 cm³/mol. The molecule has 0 saturated carbocycles. The van der Waals surface area contributed by atoms with E-state index >= 15 is 0 Å². The summed E-state index contributed by atoms with van der Waals surface area (Å²) in [5.74, 6) is 1.11. The Kier molecular flexibility index (Phi) is 4.67. The van der Waals surface area contributed by atoms with Crippen LogP contribution in [0.15, 0.2) is 83.9 Å². The molecule has 31 heavy (non-hydrogen) atoms. The summed E-state index contributed by atoms with van der Waals surface area (Å²) in [5, 5.41) is 11.7. The molecule has 1 aliphatic rings. The van der Waals surface area contributed by atoms with Gasteiger partial charge in [0.2, 0.25) is 0 Å². The number of fused-ring (bicyclic) bond motifs is 3. The third kappa shape index (κ3) is 3.42. The summed E-state index contributed by atoms with van der Waals surface area (Å²) in [5.41, 5.74) is 5.35. The van der Waals surface area contributed by atoms with Crippen molar-refractivity contribution in [2.45, 2.75) is 20.0 Å². The fraction of sp³-hybridized carbons (Fsp3) is 0.120. The summed E-state index contributed by atoms with van der Waals surface area (Å²) in [6.07, 6.45) is -0.683. The number of amides is 1. The molecule has 1 atom stereocenters. The standard InChI is InChI=1S/C25H21N5O/c1-16-12-14-19(15-13-16)25(31)27-23-24-29-28-17(2)30(24)21-11-7-6-10-20(21)22(26-23)18-8-4-3-5-9-18/h3-15,23H,1-2H3,(H,27,31). The van der Waals surface area contributed by atoms with E-state index in [2.05, 4.69) is 15.5 Å². The highest BCUT2D eigenvalue weighted by Gasteiger charge is 2.29. The molecule has 3 aromatic carbocycles. The molecule has 0 radical (unpaired) electrons. The predicted octanol–water partition coefficient (Wildman–Crippen LogP) is 4.16. The van der Waals surface area contributed by atoms with Gasteiger partial charge in [-0.1, -0.05) is 66.2 Å². The van der Waals surface area contributed by atoms with Crippen LogP contribution < -0.4 is 5.32 Å². The van der Waals surface area contributed by atoms with Gasteiger partial charge in [0.25, 0.3) is 5.91 Å². The number of nitrogens with one attached hydrogen (secondary N) is 1. The summed E-state index contributed by atoms with van der Waals surface area (Å²) in [7, 11) is 0. The van der Waals surface area contributed by atoms with Gasteiger partial charge in [0.15, 0.2) is 12.0 Å². The molecule has 6 nitrogen and oxygen atoms in total. The van der Waals surface area contributed by atoms with Crippen molar-refractivity contribution in [3.05, 3.63) is 113 Å². The highest BCUT2D eigenvalue weighted by atomic mass is 16.1. The molecule has 1 aromatic heterocycles. The lowest BCUT2D eigenvalue weighted by molar-refractivity contribution is 0.0936. The number of aromatic nitrogens is 3. The molecule has 1 N–H and O–H groups in total. The van der Waals surface area contributed by atoms with E-state index in [-0.39, 0.29) is 5.91 Å². The van der Waals surface area contributed by atoms with Gasteiger partial charge in [0, 0.05) is 16.7 Å². The number of carbonyl (C=O) groups is 1. The smallest absolute Gasteiger partial charge is 0.253 e. The highest BCUT2D eigenvalue weighted by molar-refractivity contribution is 6.15. The topological polar surface area (TPSA) is 72.2 Å². The van der Waals surface area contributed by atoms with Crippen molar-refractivity contribution in [2.75, 3.05) is 0 Å². The molecule has 0 aliphatic carbocycles. The Labute approximate surface area is 180 Å². The molecule has 0 bridgehead atoms. The van der Waals surface area contributed by atoms with Crippen LogP contribution in [0.3, 0.4) is 0 Å². The van der Waals surface area contributed by atoms with Gasteiger partial charge in [-0.05, 0) is 32.0 Å². The number of aliphatic imine (C=N–C) groups is 1. The lowest BCUT2D eigenvalue weighted by Crippen LogP contribution is -2.29. The van der Waals surface area contributed by atoms with Crippen LogP contribution in [0.2, 0.25) is 0 Å². The zero-order valence-electron chi connectivity index (χ0n) is 17.3. The van der Waals surface area contributed by atoms with Gasteiger partial charge in [0.05, 0.1) is 11.4 Å². The number of carbonyl (C=O) groups excluding carboxylic acids is 1. The lowest BCUT2D eigenvalue weighted by atomic mass is 10.0. The van der Waals surface area contributed by atoms with Crippen molar-refractivity contribution in [1.29, 1.82) is 0 Å². The molecule has 0 fully saturated rings. The Morgan fingerprint density at radius 2 is 1.58 bits per heavy atom. The first-order valence-electron chi connectivity index (χ1n) is 10.1. The van der Waals surface area contributed by atoms with E-state index in [1.54, 1.807) is 0 Å². The Morgan fingerprint density at radius 1 is 0.871 bits per heavy atom. The Morgan fingerprint density at radius 3 is 2.35 bits per heavy atom. The largest absolute Gasteiger partial charge is 0.324 e. The number of benzene rings is 3. The molecule has 1 unspecified atom stereocenters. The van der Waals surface area contributed by atoms with E-state index in [0.29, 0.717) is 11.4 Å². The number of para-hydroxylation sites is 1. The average Bonchev–Trinajstić information content (AvgIpc) is 3.12. The first-order valence-corrected chi connectivity index (χ1v) is 10.1. The minimum absolute atomic E-state index is 0.209. The molecule has 6 heteroatoms. The number of rotatable bonds is 3. The van der Waals surface area contributed by atoms with E-state index in [9.17, 15) is 4.79 Å². The molecule has 1 aliphatic heterocycles. The Balaban J connectivity index is 1.66. The van der Waals surface area contributed by atoms with Gasteiger partial charge < -0.3 is 5.32 Å². The molecule has 1 amide bonds. The summed E-state index contributed by atoms with van der Waals surface area (Å²) in [6, 6.07) is 25.5. The quantitative estimate of drug-likeness (QED) is 0.554. The van der Waals surface area contributed by atoms with Crippen molar-refractivity contribution in [2.24, 2.45) is 4.99 Å². The van der Waals surface area contributed by atoms with E-state index in [0.717, 1.165) is 33.9 Å². The van der Waals surface area contributed by atoms with Crippen LogP contribution in [-0.2, 0) is 0 Å². The van der Waals surface area contributed by atoms with Gasteiger partial charge in [-0.2, -0.15) is 0 Å². The third-order valence-corrected chi connectivity index (χ3v) is 5.38. The molecule has 5 rings (SSSR count). The second kappa shape index (κ2) is 7.65. The van der Waals surface area contributed by atoms with E-state index < -0.39 is 6.17 Å². The number of nitrogens with zero attached hydrogens (tertiary/aromatic N) is 4. The van der Waals surface area contributed by atoms with E-state index in [4.69, 9.17) is 4.99 Å². The monoisotopic (exact) mass is 407 g/mol. The van der Waals surface area contributed by atoms with Crippen LogP contribution in [0.4, 0.5) is 0 Å². The molecular formula is C25H21N5O. The zero-order valence-corrected chi connectivity index (χ0v) is 17.3. The normalized spacial score (nSPS) is 14.8. The third-order valence-electron chi connectivity index (χ3n) is 5.38. The second-order valence-corrected chi connectivity index (χ2v) is 7.54. The minimum atomic E-state index is -0.683. The van der Waals surface area contributed by atoms with Crippen LogP contribution >= 0.6 is 0 Å². The summed E-state index contributed by atoms with van der Waals surface area (Å²) in [6.45, 7) is 3.89. The highest BCUT2D eigenvalue weighted by Crippen LogP contribution is 2.29. The van der Waals surface area contributed by atoms with Crippen molar-refractivity contribution in [3.8, 4) is 5.69 Å². The fourth-order valence-corrected chi connectivity index (χ4v) is 3.81. The van der Waals surface area contributed by atoms with Crippen LogP contribution in [0.5, 0.6) is 0 Å². The van der Waals surface area contributed by atoms with Gasteiger partial charge in [-0.3, -0.25) is 14.4 Å². The molecule has 2 heterocycles. The number of hydrogen-bond donors (Lipinski definition) is 1. The van der Waals surface area contributed by atoms with Gasteiger partial charge in [-0.25, -0.2) is 0 Å². The van der Waals surface area contributed by atoms with Crippen molar-refractivity contribution in [1.82, 2.24) is 20.1 Å². The zero-order chi connectivity index (χ0) is 21.4. The van der Waals surface area contributed by atoms with E-state index in [1.807, 2.05) is 97.3 Å². The lowest BCUT2D eigenvalue weighted by Gasteiger charge is -2.14. The van der Waals surface area contributed by atoms with Crippen LogP contribution in [0.25, 0.3) is 5.69 Å². The number of aryl methyl sites for hydroxylation is 2. The summed E-state index contributed by atoms with van der Waals surface area (Å²) < 4.78 is 1.97. The second-order valence-electron chi connectivity index (χ2n) is 7.54. The average molecular weight is 407 g/mol.